The minimum atomic E-state index is -0.886. The SMILES string of the molecule is O=C(O)C[C@@H](CO)c1ccccc1. The molecule has 0 amide bonds. The topological polar surface area (TPSA) is 57.5 Å². The molecule has 0 spiro atoms. The number of carboxylic acid groups (broad SMARTS) is 1. The first-order chi connectivity index (χ1) is 6.24. The van der Waals surface area contributed by atoms with Crippen molar-refractivity contribution in [1.29, 1.82) is 0 Å². The summed E-state index contributed by atoms with van der Waals surface area (Å²) in [6.07, 6.45) is -0.0273. The zero-order valence-corrected chi connectivity index (χ0v) is 7.18. The zero-order chi connectivity index (χ0) is 9.68. The number of carboxylic acids is 1. The molecule has 1 rings (SSSR count). The van der Waals surface area contributed by atoms with Crippen molar-refractivity contribution in [2.75, 3.05) is 6.61 Å². The van der Waals surface area contributed by atoms with E-state index in [2.05, 4.69) is 0 Å². The second kappa shape index (κ2) is 4.62. The van der Waals surface area contributed by atoms with Crippen LogP contribution in [0.1, 0.15) is 17.9 Å². The molecule has 0 saturated heterocycles. The van der Waals surface area contributed by atoms with Gasteiger partial charge in [-0.3, -0.25) is 4.79 Å². The molecule has 0 radical (unpaired) electrons. The molecule has 0 aliphatic rings. The summed E-state index contributed by atoms with van der Waals surface area (Å²) in [7, 11) is 0. The monoisotopic (exact) mass is 180 g/mol. The minimum absolute atomic E-state index is 0.0273. The highest BCUT2D eigenvalue weighted by atomic mass is 16.4. The largest absolute Gasteiger partial charge is 0.481 e. The van der Waals surface area contributed by atoms with Gasteiger partial charge in [-0.25, -0.2) is 0 Å². The van der Waals surface area contributed by atoms with Gasteiger partial charge in [0.2, 0.25) is 0 Å². The van der Waals surface area contributed by atoms with Gasteiger partial charge in [0.05, 0.1) is 13.0 Å². The first-order valence-electron chi connectivity index (χ1n) is 4.11. The zero-order valence-electron chi connectivity index (χ0n) is 7.18. The molecular formula is C10H12O3. The first-order valence-corrected chi connectivity index (χ1v) is 4.11. The van der Waals surface area contributed by atoms with E-state index < -0.39 is 5.97 Å². The van der Waals surface area contributed by atoms with Gasteiger partial charge in [0.1, 0.15) is 0 Å². The van der Waals surface area contributed by atoms with Crippen LogP contribution in [0.2, 0.25) is 0 Å². The van der Waals surface area contributed by atoms with Gasteiger partial charge in [-0.2, -0.15) is 0 Å². The fourth-order valence-electron chi connectivity index (χ4n) is 1.22. The molecular weight excluding hydrogens is 168 g/mol. The van der Waals surface area contributed by atoms with Crippen LogP contribution in [0.25, 0.3) is 0 Å². The standard InChI is InChI=1S/C10H12O3/c11-7-9(6-10(12)13)8-4-2-1-3-5-8/h1-5,9,11H,6-7H2,(H,12,13)/t9-/m0/s1. The molecule has 0 aliphatic heterocycles. The van der Waals surface area contributed by atoms with Gasteiger partial charge >= 0.3 is 5.97 Å². The summed E-state index contributed by atoms with van der Waals surface area (Å²) in [5.41, 5.74) is 0.868. The lowest BCUT2D eigenvalue weighted by Gasteiger charge is -2.11. The lowest BCUT2D eigenvalue weighted by molar-refractivity contribution is -0.137. The minimum Gasteiger partial charge on any atom is -0.481 e. The smallest absolute Gasteiger partial charge is 0.304 e. The number of rotatable bonds is 4. The van der Waals surface area contributed by atoms with E-state index >= 15 is 0 Å². The highest BCUT2D eigenvalue weighted by Crippen LogP contribution is 2.18. The van der Waals surface area contributed by atoms with Crippen molar-refractivity contribution in [3.05, 3.63) is 35.9 Å². The quantitative estimate of drug-likeness (QED) is 0.732. The summed E-state index contributed by atoms with van der Waals surface area (Å²) in [5, 5.41) is 17.5. The van der Waals surface area contributed by atoms with E-state index in [-0.39, 0.29) is 18.9 Å². The molecule has 1 aromatic rings. The Morgan fingerprint density at radius 1 is 1.31 bits per heavy atom. The Bertz CT molecular complexity index is 269. The summed E-state index contributed by atoms with van der Waals surface area (Å²) >= 11 is 0. The van der Waals surface area contributed by atoms with Crippen LogP contribution in [0.15, 0.2) is 30.3 Å². The molecule has 0 aliphatic carbocycles. The summed E-state index contributed by atoms with van der Waals surface area (Å²) in [4.78, 5) is 10.4. The Hall–Kier alpha value is -1.35. The fourth-order valence-corrected chi connectivity index (χ4v) is 1.22. The highest BCUT2D eigenvalue weighted by molar-refractivity contribution is 5.68. The summed E-state index contributed by atoms with van der Waals surface area (Å²) in [6, 6.07) is 9.17. The van der Waals surface area contributed by atoms with E-state index in [9.17, 15) is 4.79 Å². The van der Waals surface area contributed by atoms with Crippen molar-refractivity contribution in [3.63, 3.8) is 0 Å². The average molecular weight is 180 g/mol. The Balaban J connectivity index is 2.73. The molecule has 70 valence electrons. The van der Waals surface area contributed by atoms with Gasteiger partial charge in [0.25, 0.3) is 0 Å². The van der Waals surface area contributed by atoms with E-state index in [0.29, 0.717) is 0 Å². The molecule has 0 saturated carbocycles. The molecule has 0 unspecified atom stereocenters. The summed E-state index contributed by atoms with van der Waals surface area (Å²) < 4.78 is 0. The van der Waals surface area contributed by atoms with Crippen LogP contribution in [0.5, 0.6) is 0 Å². The normalized spacial score (nSPS) is 12.4. The number of hydrogen-bond donors (Lipinski definition) is 2. The van der Waals surface area contributed by atoms with Crippen molar-refractivity contribution >= 4 is 5.97 Å². The summed E-state index contributed by atoms with van der Waals surface area (Å²) in [5.74, 6) is -1.18. The van der Waals surface area contributed by atoms with E-state index in [0.717, 1.165) is 5.56 Å². The van der Waals surface area contributed by atoms with Crippen LogP contribution in [0.4, 0.5) is 0 Å². The third kappa shape index (κ3) is 2.87. The number of aliphatic hydroxyl groups excluding tert-OH is 1. The van der Waals surface area contributed by atoms with Crippen LogP contribution in [-0.2, 0) is 4.79 Å². The molecule has 13 heavy (non-hydrogen) atoms. The molecule has 0 aromatic heterocycles. The predicted molar refractivity (Wildman–Crippen MR) is 48.5 cm³/mol. The van der Waals surface area contributed by atoms with Crippen molar-refractivity contribution < 1.29 is 15.0 Å². The number of benzene rings is 1. The first kappa shape index (κ1) is 9.74. The third-order valence-electron chi connectivity index (χ3n) is 1.91. The Morgan fingerprint density at radius 2 is 1.92 bits per heavy atom. The van der Waals surface area contributed by atoms with E-state index in [1.807, 2.05) is 30.3 Å². The highest BCUT2D eigenvalue weighted by Gasteiger charge is 2.13. The molecule has 1 aromatic carbocycles. The fraction of sp³-hybridized carbons (Fsp3) is 0.300. The van der Waals surface area contributed by atoms with Crippen molar-refractivity contribution in [2.24, 2.45) is 0 Å². The second-order valence-corrected chi connectivity index (χ2v) is 2.89. The lowest BCUT2D eigenvalue weighted by atomic mass is 9.97. The Morgan fingerprint density at radius 3 is 2.38 bits per heavy atom. The van der Waals surface area contributed by atoms with Crippen molar-refractivity contribution in [2.45, 2.75) is 12.3 Å². The number of hydrogen-bond acceptors (Lipinski definition) is 2. The van der Waals surface area contributed by atoms with Gasteiger partial charge in [0.15, 0.2) is 0 Å². The van der Waals surface area contributed by atoms with Crippen LogP contribution in [0.3, 0.4) is 0 Å². The molecule has 2 N–H and O–H groups in total. The Kier molecular flexibility index (Phi) is 3.46. The van der Waals surface area contributed by atoms with Crippen LogP contribution < -0.4 is 0 Å². The predicted octanol–water partition coefficient (Wildman–Crippen LogP) is 1.24. The molecule has 0 fully saturated rings. The maximum absolute atomic E-state index is 10.4. The number of aliphatic hydroxyl groups is 1. The molecule has 0 bridgehead atoms. The maximum Gasteiger partial charge on any atom is 0.304 e. The number of aliphatic carboxylic acids is 1. The van der Waals surface area contributed by atoms with Crippen molar-refractivity contribution in [3.8, 4) is 0 Å². The second-order valence-electron chi connectivity index (χ2n) is 2.89. The summed E-state index contributed by atoms with van der Waals surface area (Å²) in [6.45, 7) is -0.129. The third-order valence-corrected chi connectivity index (χ3v) is 1.91. The van der Waals surface area contributed by atoms with Gasteiger partial charge in [-0.05, 0) is 5.56 Å². The van der Waals surface area contributed by atoms with E-state index in [4.69, 9.17) is 10.2 Å². The average Bonchev–Trinajstić information content (AvgIpc) is 2.15. The number of carbonyl (C=O) groups is 1. The van der Waals surface area contributed by atoms with Crippen LogP contribution >= 0.6 is 0 Å². The molecule has 1 atom stereocenters. The maximum atomic E-state index is 10.4. The molecule has 3 nitrogen and oxygen atoms in total. The van der Waals surface area contributed by atoms with Gasteiger partial charge in [0, 0.05) is 5.92 Å². The molecule has 3 heteroatoms. The van der Waals surface area contributed by atoms with Gasteiger partial charge in [-0.15, -0.1) is 0 Å². The molecule has 0 heterocycles. The van der Waals surface area contributed by atoms with E-state index in [1.54, 1.807) is 0 Å². The van der Waals surface area contributed by atoms with Gasteiger partial charge in [-0.1, -0.05) is 30.3 Å². The Labute approximate surface area is 76.6 Å². The van der Waals surface area contributed by atoms with E-state index in [1.165, 1.54) is 0 Å². The van der Waals surface area contributed by atoms with Gasteiger partial charge < -0.3 is 10.2 Å². The van der Waals surface area contributed by atoms with Crippen molar-refractivity contribution in [1.82, 2.24) is 0 Å². The van der Waals surface area contributed by atoms with Crippen LogP contribution in [-0.4, -0.2) is 22.8 Å². The van der Waals surface area contributed by atoms with Crippen LogP contribution in [0, 0.1) is 0 Å². The lowest BCUT2D eigenvalue weighted by Crippen LogP contribution is -2.09.